The maximum Gasteiger partial charge on any atom is 0.157 e. The van der Waals surface area contributed by atoms with Crippen LogP contribution in [0.2, 0.25) is 0 Å². The van der Waals surface area contributed by atoms with Gasteiger partial charge in [0, 0.05) is 10.7 Å². The summed E-state index contributed by atoms with van der Waals surface area (Å²) in [5.41, 5.74) is 1.16. The minimum Gasteiger partial charge on any atom is -0.220 e. The van der Waals surface area contributed by atoms with E-state index >= 15 is 0 Å². The molecule has 0 fully saturated rings. The van der Waals surface area contributed by atoms with Crippen molar-refractivity contribution in [3.05, 3.63) is 22.7 Å². The highest BCUT2D eigenvalue weighted by Crippen LogP contribution is 2.22. The number of fused-ring (bicyclic) bond motifs is 1. The molecule has 12 heavy (non-hydrogen) atoms. The van der Waals surface area contributed by atoms with Gasteiger partial charge < -0.3 is 0 Å². The van der Waals surface area contributed by atoms with Crippen LogP contribution < -0.4 is 0 Å². The molecule has 0 unspecified atom stereocenters. The molecule has 0 saturated heterocycles. The van der Waals surface area contributed by atoms with Crippen molar-refractivity contribution in [3.8, 4) is 0 Å². The fraction of sp³-hybridized carbons (Fsp3) is 0.250. The molecular formula is C8H8BrN3. The zero-order valence-corrected chi connectivity index (χ0v) is 8.24. The molecule has 0 spiro atoms. The van der Waals surface area contributed by atoms with E-state index < -0.39 is 0 Å². The first-order chi connectivity index (χ1) is 5.77. The maximum atomic E-state index is 4.15. The highest BCUT2D eigenvalue weighted by molar-refractivity contribution is 9.11. The van der Waals surface area contributed by atoms with Crippen LogP contribution in [0.3, 0.4) is 0 Å². The van der Waals surface area contributed by atoms with Crippen LogP contribution in [0.15, 0.2) is 16.9 Å². The van der Waals surface area contributed by atoms with Crippen LogP contribution in [0.5, 0.6) is 0 Å². The van der Waals surface area contributed by atoms with Gasteiger partial charge in [0.1, 0.15) is 6.33 Å². The first-order valence-electron chi connectivity index (χ1n) is 3.70. The average molecular weight is 226 g/mol. The summed E-state index contributed by atoms with van der Waals surface area (Å²) >= 11 is 3.45. The minimum atomic E-state index is 0.914. The molecule has 0 atom stereocenters. The number of halogens is 1. The molecule has 0 N–H and O–H groups in total. The van der Waals surface area contributed by atoms with E-state index in [1.165, 1.54) is 5.57 Å². The van der Waals surface area contributed by atoms with Gasteiger partial charge in [0.15, 0.2) is 5.82 Å². The molecule has 0 aromatic carbocycles. The summed E-state index contributed by atoms with van der Waals surface area (Å²) in [6, 6.07) is 0. The monoisotopic (exact) mass is 225 g/mol. The molecule has 3 nitrogen and oxygen atoms in total. The normalized spacial score (nSPS) is 16.2. The van der Waals surface area contributed by atoms with E-state index in [2.05, 4.69) is 32.1 Å². The lowest BCUT2D eigenvalue weighted by molar-refractivity contribution is 0.916. The third-order valence-corrected chi connectivity index (χ3v) is 2.32. The molecule has 1 aromatic rings. The highest BCUT2D eigenvalue weighted by Gasteiger charge is 2.07. The molecule has 0 aliphatic carbocycles. The van der Waals surface area contributed by atoms with E-state index in [1.54, 1.807) is 11.0 Å². The molecule has 1 aromatic heterocycles. The average Bonchev–Trinajstić information content (AvgIpc) is 2.44. The predicted octanol–water partition coefficient (Wildman–Crippen LogP) is 2.28. The van der Waals surface area contributed by atoms with E-state index in [9.17, 15) is 0 Å². The maximum absolute atomic E-state index is 4.15. The molecule has 0 radical (unpaired) electrons. The number of hydrogen-bond donors (Lipinski definition) is 0. The number of hydrogen-bond acceptors (Lipinski definition) is 2. The summed E-state index contributed by atoms with van der Waals surface area (Å²) in [7, 11) is 0. The standard InChI is InChI=1S/C8H8BrN3/c1-6-2-3-7(9)4-12-8(6)10-5-11-12/h2,4-5H,3H2,1H3. The SMILES string of the molecule is CC1=CCC(Br)=Cn2ncnc21. The second kappa shape index (κ2) is 2.86. The third kappa shape index (κ3) is 1.22. The second-order valence-corrected chi connectivity index (χ2v) is 3.71. The van der Waals surface area contributed by atoms with Gasteiger partial charge in [0.05, 0.1) is 0 Å². The Morgan fingerprint density at radius 1 is 1.58 bits per heavy atom. The van der Waals surface area contributed by atoms with Crippen LogP contribution >= 0.6 is 15.9 Å². The molecule has 0 amide bonds. The number of aromatic nitrogens is 3. The summed E-state index contributed by atoms with van der Waals surface area (Å²) in [5, 5.41) is 4.08. The molecule has 0 saturated carbocycles. The van der Waals surface area contributed by atoms with Gasteiger partial charge in [0.2, 0.25) is 0 Å². The van der Waals surface area contributed by atoms with Crippen molar-refractivity contribution >= 4 is 27.7 Å². The lowest BCUT2D eigenvalue weighted by Crippen LogP contribution is -1.94. The van der Waals surface area contributed by atoms with E-state index in [0.717, 1.165) is 16.7 Å². The Bertz CT molecular complexity index is 362. The molecule has 0 bridgehead atoms. The van der Waals surface area contributed by atoms with Gasteiger partial charge in [-0.05, 0) is 18.9 Å². The van der Waals surface area contributed by atoms with Crippen molar-refractivity contribution in [2.75, 3.05) is 0 Å². The van der Waals surface area contributed by atoms with Crippen LogP contribution in [0.1, 0.15) is 19.2 Å². The van der Waals surface area contributed by atoms with Gasteiger partial charge in [-0.1, -0.05) is 22.0 Å². The van der Waals surface area contributed by atoms with Crippen LogP contribution in [0, 0.1) is 0 Å². The van der Waals surface area contributed by atoms with Crippen molar-refractivity contribution in [1.29, 1.82) is 0 Å². The minimum absolute atomic E-state index is 0.914. The Morgan fingerprint density at radius 2 is 2.42 bits per heavy atom. The van der Waals surface area contributed by atoms with Gasteiger partial charge in [-0.15, -0.1) is 0 Å². The Kier molecular flexibility index (Phi) is 1.84. The molecular weight excluding hydrogens is 218 g/mol. The molecule has 2 rings (SSSR count). The number of nitrogens with zero attached hydrogens (tertiary/aromatic N) is 3. The van der Waals surface area contributed by atoms with E-state index in [0.29, 0.717) is 0 Å². The fourth-order valence-electron chi connectivity index (χ4n) is 1.15. The van der Waals surface area contributed by atoms with Crippen LogP contribution in [0.4, 0.5) is 0 Å². The van der Waals surface area contributed by atoms with Gasteiger partial charge in [0.25, 0.3) is 0 Å². The molecule has 4 heteroatoms. The van der Waals surface area contributed by atoms with E-state index in [4.69, 9.17) is 0 Å². The Labute approximate surface area is 78.9 Å². The van der Waals surface area contributed by atoms with Crippen molar-refractivity contribution < 1.29 is 0 Å². The summed E-state index contributed by atoms with van der Waals surface area (Å²) in [4.78, 5) is 4.15. The highest BCUT2D eigenvalue weighted by atomic mass is 79.9. The van der Waals surface area contributed by atoms with E-state index in [1.807, 2.05) is 13.1 Å². The number of allylic oxidation sites excluding steroid dienone is 3. The Morgan fingerprint density at radius 3 is 3.25 bits per heavy atom. The van der Waals surface area contributed by atoms with Gasteiger partial charge >= 0.3 is 0 Å². The third-order valence-electron chi connectivity index (χ3n) is 1.79. The molecule has 1 aliphatic heterocycles. The van der Waals surface area contributed by atoms with Gasteiger partial charge in [-0.2, -0.15) is 5.10 Å². The second-order valence-electron chi connectivity index (χ2n) is 2.70. The Hall–Kier alpha value is -0.900. The van der Waals surface area contributed by atoms with Gasteiger partial charge in [-0.25, -0.2) is 9.67 Å². The quantitative estimate of drug-likeness (QED) is 0.679. The lowest BCUT2D eigenvalue weighted by Gasteiger charge is -1.96. The molecule has 62 valence electrons. The van der Waals surface area contributed by atoms with E-state index in [-0.39, 0.29) is 0 Å². The smallest absolute Gasteiger partial charge is 0.157 e. The zero-order chi connectivity index (χ0) is 8.55. The van der Waals surface area contributed by atoms with Crippen molar-refractivity contribution in [2.24, 2.45) is 0 Å². The first-order valence-corrected chi connectivity index (χ1v) is 4.49. The predicted molar refractivity (Wildman–Crippen MR) is 51.5 cm³/mol. The zero-order valence-electron chi connectivity index (χ0n) is 6.66. The Balaban J connectivity index is 2.59. The van der Waals surface area contributed by atoms with Crippen molar-refractivity contribution in [3.63, 3.8) is 0 Å². The van der Waals surface area contributed by atoms with Crippen LogP contribution in [0.25, 0.3) is 11.8 Å². The molecule has 2 heterocycles. The summed E-state index contributed by atoms with van der Waals surface area (Å²) in [6.07, 6.45) is 6.55. The fourth-order valence-corrected chi connectivity index (χ4v) is 1.51. The topological polar surface area (TPSA) is 30.7 Å². The van der Waals surface area contributed by atoms with Gasteiger partial charge in [-0.3, -0.25) is 0 Å². The van der Waals surface area contributed by atoms with Crippen LogP contribution in [-0.2, 0) is 0 Å². The lowest BCUT2D eigenvalue weighted by atomic mass is 10.2. The summed E-state index contributed by atoms with van der Waals surface area (Å²) in [5.74, 6) is 0.921. The van der Waals surface area contributed by atoms with Crippen molar-refractivity contribution in [2.45, 2.75) is 13.3 Å². The van der Waals surface area contributed by atoms with Crippen LogP contribution in [-0.4, -0.2) is 14.8 Å². The summed E-state index contributed by atoms with van der Waals surface area (Å²) in [6.45, 7) is 2.04. The molecule has 1 aliphatic rings. The first kappa shape index (κ1) is 7.73. The summed E-state index contributed by atoms with van der Waals surface area (Å²) < 4.78 is 2.90. The number of rotatable bonds is 0. The van der Waals surface area contributed by atoms with Crippen molar-refractivity contribution in [1.82, 2.24) is 14.8 Å². The largest absolute Gasteiger partial charge is 0.220 e.